The van der Waals surface area contributed by atoms with Gasteiger partial charge in [0.1, 0.15) is 5.54 Å². The van der Waals surface area contributed by atoms with E-state index in [1.165, 1.54) is 0 Å². The molecule has 24 heavy (non-hydrogen) atoms. The van der Waals surface area contributed by atoms with E-state index in [0.717, 1.165) is 25.7 Å². The van der Waals surface area contributed by atoms with Gasteiger partial charge in [0.15, 0.2) is 0 Å². The molecule has 0 N–H and O–H groups in total. The van der Waals surface area contributed by atoms with Crippen molar-refractivity contribution in [3.8, 4) is 0 Å². The van der Waals surface area contributed by atoms with Gasteiger partial charge in [-0.05, 0) is 45.9 Å². The Labute approximate surface area is 141 Å². The summed E-state index contributed by atoms with van der Waals surface area (Å²) in [6, 6.07) is 6.77. The number of hydrogen-bond donors (Lipinski definition) is 0. The summed E-state index contributed by atoms with van der Waals surface area (Å²) in [5.74, 6) is -1.79. The average molecular weight is 330 g/mol. The van der Waals surface area contributed by atoms with Crippen molar-refractivity contribution in [2.24, 2.45) is 0 Å². The van der Waals surface area contributed by atoms with E-state index in [0.29, 0.717) is 11.1 Å². The summed E-state index contributed by atoms with van der Waals surface area (Å²) in [7, 11) is 1.89. The number of rotatable bonds is 4. The smallest absolute Gasteiger partial charge is 0.328 e. The highest BCUT2D eigenvalue weighted by Crippen LogP contribution is 2.30. The zero-order valence-corrected chi connectivity index (χ0v) is 14.2. The van der Waals surface area contributed by atoms with Crippen molar-refractivity contribution < 1.29 is 19.2 Å². The molecule has 1 heterocycles. The molecule has 6 heteroatoms. The maximum absolute atomic E-state index is 12.7. The predicted octanol–water partition coefficient (Wildman–Crippen LogP) is 2.39. The van der Waals surface area contributed by atoms with Gasteiger partial charge in [-0.15, -0.1) is 0 Å². The lowest BCUT2D eigenvalue weighted by molar-refractivity contribution is -0.181. The van der Waals surface area contributed by atoms with Gasteiger partial charge in [0.25, 0.3) is 11.8 Å². The topological polar surface area (TPSA) is 66.9 Å². The Morgan fingerprint density at radius 3 is 2.12 bits per heavy atom. The molecule has 0 unspecified atom stereocenters. The minimum atomic E-state index is -0.926. The minimum Gasteiger partial charge on any atom is -0.328 e. The average Bonchev–Trinajstić information content (AvgIpc) is 3.18. The van der Waals surface area contributed by atoms with Crippen LogP contribution in [-0.4, -0.2) is 46.4 Å². The third kappa shape index (κ3) is 2.60. The second-order valence-electron chi connectivity index (χ2n) is 6.94. The number of imide groups is 1. The molecule has 6 nitrogen and oxygen atoms in total. The number of hydroxylamine groups is 2. The molecule has 1 aliphatic carbocycles. The van der Waals surface area contributed by atoms with Crippen LogP contribution in [0.1, 0.15) is 60.2 Å². The summed E-state index contributed by atoms with van der Waals surface area (Å²) < 4.78 is 0. The maximum Gasteiger partial charge on any atom is 0.352 e. The van der Waals surface area contributed by atoms with E-state index in [9.17, 15) is 14.4 Å². The van der Waals surface area contributed by atoms with Gasteiger partial charge in [-0.1, -0.05) is 30.0 Å². The highest BCUT2D eigenvalue weighted by Gasteiger charge is 2.44. The van der Waals surface area contributed by atoms with E-state index in [4.69, 9.17) is 4.84 Å². The molecule has 128 valence electrons. The summed E-state index contributed by atoms with van der Waals surface area (Å²) in [5.41, 5.74) is -0.404. The zero-order valence-electron chi connectivity index (χ0n) is 14.2. The number of carbonyl (C=O) groups is 3. The van der Waals surface area contributed by atoms with Gasteiger partial charge in [0.05, 0.1) is 11.1 Å². The second kappa shape index (κ2) is 6.02. The van der Waals surface area contributed by atoms with Crippen molar-refractivity contribution in [1.82, 2.24) is 9.96 Å². The van der Waals surface area contributed by atoms with Crippen LogP contribution in [0.25, 0.3) is 0 Å². The molecule has 0 saturated heterocycles. The number of nitrogens with zero attached hydrogens (tertiary/aromatic N) is 2. The van der Waals surface area contributed by atoms with Crippen molar-refractivity contribution >= 4 is 17.8 Å². The molecule has 1 saturated carbocycles. The van der Waals surface area contributed by atoms with Crippen LogP contribution >= 0.6 is 0 Å². The van der Waals surface area contributed by atoms with Crippen molar-refractivity contribution in [1.29, 1.82) is 0 Å². The van der Waals surface area contributed by atoms with E-state index in [1.54, 1.807) is 38.1 Å². The van der Waals surface area contributed by atoms with Gasteiger partial charge < -0.3 is 4.84 Å². The van der Waals surface area contributed by atoms with Crippen LogP contribution in [0.15, 0.2) is 24.3 Å². The number of amides is 2. The Bertz CT molecular complexity index is 657. The lowest BCUT2D eigenvalue weighted by atomic mass is 10.0. The number of carbonyl (C=O) groups excluding carboxylic acids is 3. The Kier molecular flexibility index (Phi) is 4.17. The first-order valence-corrected chi connectivity index (χ1v) is 8.27. The fourth-order valence-electron chi connectivity index (χ4n) is 3.34. The normalized spacial score (nSPS) is 18.4. The lowest BCUT2D eigenvalue weighted by Gasteiger charge is -2.37. The van der Waals surface area contributed by atoms with Crippen LogP contribution < -0.4 is 0 Å². The summed E-state index contributed by atoms with van der Waals surface area (Å²) in [6.45, 7) is 3.51. The van der Waals surface area contributed by atoms with E-state index in [1.807, 2.05) is 11.9 Å². The molecular formula is C18H22N2O4. The summed E-state index contributed by atoms with van der Waals surface area (Å²) in [4.78, 5) is 44.5. The molecule has 0 spiro atoms. The van der Waals surface area contributed by atoms with Gasteiger partial charge in [0, 0.05) is 6.04 Å². The van der Waals surface area contributed by atoms with Gasteiger partial charge in [-0.2, -0.15) is 0 Å². The number of hydrogen-bond acceptors (Lipinski definition) is 5. The Balaban J connectivity index is 1.75. The molecule has 1 aromatic rings. The molecule has 0 radical (unpaired) electrons. The van der Waals surface area contributed by atoms with Crippen molar-refractivity contribution in [3.63, 3.8) is 0 Å². The standard InChI is InChI=1S/C18H22N2O4/c1-18(2,19(3)12-8-4-5-9-12)17(23)24-20-15(21)13-10-6-7-11-14(13)16(20)22/h6-7,10-12H,4-5,8-9H2,1-3H3. The maximum atomic E-state index is 12.7. The van der Waals surface area contributed by atoms with Crippen LogP contribution in [0.4, 0.5) is 0 Å². The monoisotopic (exact) mass is 330 g/mol. The second-order valence-corrected chi connectivity index (χ2v) is 6.94. The largest absolute Gasteiger partial charge is 0.352 e. The minimum absolute atomic E-state index is 0.261. The third-order valence-electron chi connectivity index (χ3n) is 5.18. The van der Waals surface area contributed by atoms with Crippen LogP contribution in [0, 0.1) is 0 Å². The summed E-state index contributed by atoms with van der Waals surface area (Å²) in [6.07, 6.45) is 4.39. The van der Waals surface area contributed by atoms with Crippen LogP contribution in [0.3, 0.4) is 0 Å². The number of benzene rings is 1. The molecule has 0 bridgehead atoms. The summed E-state index contributed by atoms with van der Waals surface area (Å²) in [5, 5.41) is 0.581. The highest BCUT2D eigenvalue weighted by molar-refractivity contribution is 6.20. The zero-order chi connectivity index (χ0) is 17.5. The number of fused-ring (bicyclic) bond motifs is 1. The Morgan fingerprint density at radius 1 is 1.12 bits per heavy atom. The highest BCUT2D eigenvalue weighted by atomic mass is 16.7. The molecule has 2 aliphatic rings. The quantitative estimate of drug-likeness (QED) is 0.793. The molecular weight excluding hydrogens is 308 g/mol. The molecule has 2 amide bonds. The fourth-order valence-corrected chi connectivity index (χ4v) is 3.34. The molecule has 0 atom stereocenters. The van der Waals surface area contributed by atoms with E-state index in [-0.39, 0.29) is 11.1 Å². The first-order chi connectivity index (χ1) is 11.3. The molecule has 1 fully saturated rings. The first-order valence-electron chi connectivity index (χ1n) is 8.27. The SMILES string of the molecule is CN(C1CCCC1)C(C)(C)C(=O)ON1C(=O)c2ccccc2C1=O. The van der Waals surface area contributed by atoms with Gasteiger partial charge in [0.2, 0.25) is 0 Å². The molecule has 3 rings (SSSR count). The predicted molar refractivity (Wildman–Crippen MR) is 87.1 cm³/mol. The van der Waals surface area contributed by atoms with E-state index in [2.05, 4.69) is 0 Å². The van der Waals surface area contributed by atoms with Gasteiger partial charge in [-0.3, -0.25) is 14.5 Å². The fraction of sp³-hybridized carbons (Fsp3) is 0.500. The van der Waals surface area contributed by atoms with E-state index < -0.39 is 23.3 Å². The van der Waals surface area contributed by atoms with E-state index >= 15 is 0 Å². The lowest BCUT2D eigenvalue weighted by Crippen LogP contribution is -2.54. The van der Waals surface area contributed by atoms with Crippen molar-refractivity contribution in [2.45, 2.75) is 51.1 Å². The Morgan fingerprint density at radius 2 is 1.62 bits per heavy atom. The molecule has 1 aromatic carbocycles. The van der Waals surface area contributed by atoms with Gasteiger partial charge >= 0.3 is 5.97 Å². The van der Waals surface area contributed by atoms with Crippen molar-refractivity contribution in [3.05, 3.63) is 35.4 Å². The van der Waals surface area contributed by atoms with Crippen LogP contribution in [-0.2, 0) is 9.63 Å². The molecule has 0 aromatic heterocycles. The van der Waals surface area contributed by atoms with Crippen LogP contribution in [0.5, 0.6) is 0 Å². The number of likely N-dealkylation sites (N-methyl/N-ethyl adjacent to an activating group) is 1. The third-order valence-corrected chi connectivity index (χ3v) is 5.18. The van der Waals surface area contributed by atoms with Gasteiger partial charge in [-0.25, -0.2) is 4.79 Å². The van der Waals surface area contributed by atoms with Crippen LogP contribution in [0.2, 0.25) is 0 Å². The Hall–Kier alpha value is -2.21. The molecule has 1 aliphatic heterocycles. The summed E-state index contributed by atoms with van der Waals surface area (Å²) >= 11 is 0. The first kappa shape index (κ1) is 16.6. The van der Waals surface area contributed by atoms with Crippen molar-refractivity contribution in [2.75, 3.05) is 7.05 Å².